The zero-order valence-electron chi connectivity index (χ0n) is 19.6. The highest BCUT2D eigenvalue weighted by molar-refractivity contribution is 7.18. The molecule has 0 N–H and O–H groups in total. The summed E-state index contributed by atoms with van der Waals surface area (Å²) in [5.41, 5.74) is 2.84. The molecule has 6 rings (SSSR count). The van der Waals surface area contributed by atoms with Crippen molar-refractivity contribution in [1.29, 1.82) is 0 Å². The molecular weight excluding hydrogens is 460 g/mol. The molecule has 1 atom stereocenters. The number of thiazole rings is 1. The van der Waals surface area contributed by atoms with Crippen LogP contribution in [0, 0.1) is 0 Å². The van der Waals surface area contributed by atoms with Crippen molar-refractivity contribution < 1.29 is 14.4 Å². The van der Waals surface area contributed by atoms with Crippen LogP contribution in [0.25, 0.3) is 10.2 Å². The third kappa shape index (κ3) is 4.25. The molecule has 3 aliphatic rings. The van der Waals surface area contributed by atoms with E-state index in [-0.39, 0.29) is 36.7 Å². The molecule has 0 saturated carbocycles. The van der Waals surface area contributed by atoms with Gasteiger partial charge in [-0.2, -0.15) is 0 Å². The molecule has 0 radical (unpaired) electrons. The highest BCUT2D eigenvalue weighted by atomic mass is 32.1. The van der Waals surface area contributed by atoms with Gasteiger partial charge in [-0.3, -0.25) is 24.2 Å². The van der Waals surface area contributed by atoms with E-state index < -0.39 is 0 Å². The largest absolute Gasteiger partial charge is 0.312 e. The molecule has 7 nitrogen and oxygen atoms in total. The number of carbonyl (C=O) groups is 3. The lowest BCUT2D eigenvalue weighted by Gasteiger charge is -2.34. The lowest BCUT2D eigenvalue weighted by Crippen LogP contribution is -2.45. The van der Waals surface area contributed by atoms with Crippen LogP contribution in [0.1, 0.15) is 48.6 Å². The van der Waals surface area contributed by atoms with Crippen LogP contribution in [0.15, 0.2) is 48.5 Å². The zero-order valence-corrected chi connectivity index (χ0v) is 20.4. The van der Waals surface area contributed by atoms with Crippen molar-refractivity contribution in [2.45, 2.75) is 50.6 Å². The fourth-order valence-corrected chi connectivity index (χ4v) is 6.66. The number of hydrogen-bond acceptors (Lipinski definition) is 6. The number of amides is 3. The number of rotatable bonds is 5. The van der Waals surface area contributed by atoms with Gasteiger partial charge in [0.2, 0.25) is 17.7 Å². The normalized spacial score (nSPS) is 22.2. The summed E-state index contributed by atoms with van der Waals surface area (Å²) in [6, 6.07) is 15.5. The van der Waals surface area contributed by atoms with Crippen molar-refractivity contribution in [2.24, 2.45) is 0 Å². The smallest absolute Gasteiger partial charge is 0.247 e. The van der Waals surface area contributed by atoms with Crippen molar-refractivity contribution in [3.8, 4) is 0 Å². The molecule has 180 valence electrons. The van der Waals surface area contributed by atoms with E-state index >= 15 is 0 Å². The van der Waals surface area contributed by atoms with Gasteiger partial charge in [0.15, 0.2) is 0 Å². The molecule has 3 aliphatic heterocycles. The molecule has 0 spiro atoms. The first kappa shape index (κ1) is 22.4. The van der Waals surface area contributed by atoms with Gasteiger partial charge in [-0.05, 0) is 62.2 Å². The maximum atomic E-state index is 13.2. The van der Waals surface area contributed by atoms with Crippen LogP contribution in [0.3, 0.4) is 0 Å². The standard InChI is InChI=1S/C27H28N4O3S/c32-24-6-3-13-30(24)20-9-7-18(8-10-20)17-31-25(33)16-22(27(31)34)29-14-11-19(12-15-29)26-28-21-4-1-2-5-23(21)35-26/h1-2,4-5,7-10,19,22H,3,6,11-17H2/t22-/m1/s1. The summed E-state index contributed by atoms with van der Waals surface area (Å²) in [7, 11) is 0. The predicted octanol–water partition coefficient (Wildman–Crippen LogP) is 3.93. The zero-order chi connectivity index (χ0) is 23.9. The van der Waals surface area contributed by atoms with Gasteiger partial charge < -0.3 is 4.90 Å². The Hall–Kier alpha value is -3.10. The van der Waals surface area contributed by atoms with Gasteiger partial charge in [-0.15, -0.1) is 11.3 Å². The highest BCUT2D eigenvalue weighted by Gasteiger charge is 2.43. The minimum absolute atomic E-state index is 0.0905. The first-order valence-corrected chi connectivity index (χ1v) is 13.2. The lowest BCUT2D eigenvalue weighted by molar-refractivity contribution is -0.140. The van der Waals surface area contributed by atoms with E-state index in [1.54, 1.807) is 16.2 Å². The number of piperidine rings is 1. The molecule has 0 aliphatic carbocycles. The van der Waals surface area contributed by atoms with E-state index in [1.165, 1.54) is 14.6 Å². The number of fused-ring (bicyclic) bond motifs is 1. The van der Waals surface area contributed by atoms with Gasteiger partial charge in [0.05, 0.1) is 34.2 Å². The monoisotopic (exact) mass is 488 g/mol. The van der Waals surface area contributed by atoms with E-state index in [9.17, 15) is 14.4 Å². The van der Waals surface area contributed by atoms with Gasteiger partial charge in [0.25, 0.3) is 0 Å². The molecule has 0 bridgehead atoms. The lowest BCUT2D eigenvalue weighted by atomic mass is 9.96. The number of nitrogens with zero attached hydrogens (tertiary/aromatic N) is 4. The van der Waals surface area contributed by atoms with E-state index in [0.717, 1.165) is 55.7 Å². The quantitative estimate of drug-likeness (QED) is 0.509. The summed E-state index contributed by atoms with van der Waals surface area (Å²) in [4.78, 5) is 48.2. The van der Waals surface area contributed by atoms with Crippen LogP contribution >= 0.6 is 11.3 Å². The van der Waals surface area contributed by atoms with Crippen molar-refractivity contribution in [3.05, 3.63) is 59.1 Å². The molecule has 4 heterocycles. The molecule has 8 heteroatoms. The number of benzene rings is 2. The average Bonchev–Trinajstić information content (AvgIpc) is 3.58. The van der Waals surface area contributed by atoms with Gasteiger partial charge in [-0.25, -0.2) is 4.98 Å². The van der Waals surface area contributed by atoms with Crippen LogP contribution in [-0.2, 0) is 20.9 Å². The molecular formula is C27H28N4O3S. The first-order valence-electron chi connectivity index (χ1n) is 12.4. The number of aromatic nitrogens is 1. The van der Waals surface area contributed by atoms with Crippen LogP contribution < -0.4 is 4.90 Å². The number of hydrogen-bond donors (Lipinski definition) is 0. The third-order valence-corrected chi connectivity index (χ3v) is 8.71. The minimum Gasteiger partial charge on any atom is -0.312 e. The maximum absolute atomic E-state index is 13.2. The molecule has 35 heavy (non-hydrogen) atoms. The summed E-state index contributed by atoms with van der Waals surface area (Å²) in [5, 5.41) is 1.18. The molecule has 3 aromatic rings. The van der Waals surface area contributed by atoms with Crippen LogP contribution in [0.2, 0.25) is 0 Å². The van der Waals surface area contributed by atoms with E-state index in [1.807, 2.05) is 36.4 Å². The Bertz CT molecular complexity index is 1250. The Labute approximate surface area is 208 Å². The van der Waals surface area contributed by atoms with Crippen molar-refractivity contribution in [2.75, 3.05) is 24.5 Å². The van der Waals surface area contributed by atoms with Crippen LogP contribution in [0.5, 0.6) is 0 Å². The first-order chi connectivity index (χ1) is 17.1. The summed E-state index contributed by atoms with van der Waals surface area (Å²) >= 11 is 1.77. The van der Waals surface area contributed by atoms with Gasteiger partial charge in [0, 0.05) is 24.6 Å². The fraction of sp³-hybridized carbons (Fsp3) is 0.407. The second-order valence-corrected chi connectivity index (χ2v) is 10.7. The van der Waals surface area contributed by atoms with Crippen molar-refractivity contribution in [1.82, 2.24) is 14.8 Å². The topological polar surface area (TPSA) is 73.8 Å². The molecule has 3 saturated heterocycles. The van der Waals surface area contributed by atoms with Gasteiger partial charge >= 0.3 is 0 Å². The number of likely N-dealkylation sites (tertiary alicyclic amines) is 2. The van der Waals surface area contributed by atoms with E-state index in [0.29, 0.717) is 12.3 Å². The Balaban J connectivity index is 1.07. The van der Waals surface area contributed by atoms with Gasteiger partial charge in [-0.1, -0.05) is 24.3 Å². The Morgan fingerprint density at radius 3 is 2.40 bits per heavy atom. The van der Waals surface area contributed by atoms with E-state index in [2.05, 4.69) is 17.0 Å². The molecule has 3 fully saturated rings. The molecule has 0 unspecified atom stereocenters. The number of para-hydroxylation sites is 1. The summed E-state index contributed by atoms with van der Waals surface area (Å²) < 4.78 is 1.22. The third-order valence-electron chi connectivity index (χ3n) is 7.51. The summed E-state index contributed by atoms with van der Waals surface area (Å²) in [6.07, 6.45) is 3.64. The van der Waals surface area contributed by atoms with Crippen molar-refractivity contribution in [3.63, 3.8) is 0 Å². The summed E-state index contributed by atoms with van der Waals surface area (Å²) in [5.74, 6) is 0.365. The average molecular weight is 489 g/mol. The minimum atomic E-state index is -0.361. The Morgan fingerprint density at radius 1 is 0.914 bits per heavy atom. The molecule has 1 aromatic heterocycles. The number of imide groups is 1. The molecule has 3 amide bonds. The van der Waals surface area contributed by atoms with Crippen LogP contribution in [0.4, 0.5) is 5.69 Å². The second-order valence-electron chi connectivity index (χ2n) is 9.68. The maximum Gasteiger partial charge on any atom is 0.247 e. The van der Waals surface area contributed by atoms with Gasteiger partial charge in [0.1, 0.15) is 0 Å². The molecule has 2 aromatic carbocycles. The number of carbonyl (C=O) groups excluding carboxylic acids is 3. The second kappa shape index (κ2) is 9.17. The Kier molecular flexibility index (Phi) is 5.86. The predicted molar refractivity (Wildman–Crippen MR) is 135 cm³/mol. The summed E-state index contributed by atoms with van der Waals surface area (Å²) in [6.45, 7) is 2.64. The van der Waals surface area contributed by atoms with E-state index in [4.69, 9.17) is 4.98 Å². The SMILES string of the molecule is O=C1C[C@@H](N2CCC(c3nc4ccccc4s3)CC2)C(=O)N1Cc1ccc(N2CCCC2=O)cc1. The highest BCUT2D eigenvalue weighted by Crippen LogP contribution is 2.35. The van der Waals surface area contributed by atoms with Crippen LogP contribution in [-0.4, -0.2) is 58.2 Å². The van der Waals surface area contributed by atoms with Crippen molar-refractivity contribution >= 4 is 45.0 Å². The fourth-order valence-electron chi connectivity index (χ4n) is 5.52. The number of anilines is 1. The Morgan fingerprint density at radius 2 is 1.69 bits per heavy atom.